The van der Waals surface area contributed by atoms with Crippen LogP contribution in [0.25, 0.3) is 0 Å². The summed E-state index contributed by atoms with van der Waals surface area (Å²) < 4.78 is 11.2. The highest BCUT2D eigenvalue weighted by Crippen LogP contribution is 2.36. The highest BCUT2D eigenvalue weighted by molar-refractivity contribution is 5.15. The van der Waals surface area contributed by atoms with E-state index in [0.29, 0.717) is 0 Å². The van der Waals surface area contributed by atoms with E-state index >= 15 is 0 Å². The molecule has 0 saturated carbocycles. The molecule has 0 aromatic carbocycles. The van der Waals surface area contributed by atoms with E-state index < -0.39 is 42.2 Å². The molecule has 0 spiro atoms. The van der Waals surface area contributed by atoms with E-state index in [9.17, 15) is 15.2 Å². The van der Waals surface area contributed by atoms with E-state index in [1.165, 1.54) is 7.11 Å². The molecule has 9 nitrogen and oxygen atoms in total. The highest BCUT2D eigenvalue weighted by atomic mass is 16.6. The second kappa shape index (κ2) is 5.18. The maximum atomic E-state index is 11.8. The van der Waals surface area contributed by atoms with Crippen molar-refractivity contribution in [1.82, 2.24) is 9.55 Å². The molecular weight excluding hydrogens is 270 g/mol. The molecule has 9 heteroatoms. The van der Waals surface area contributed by atoms with Crippen molar-refractivity contribution in [3.05, 3.63) is 22.7 Å². The molecule has 2 heterocycles. The molecule has 4 atom stereocenters. The Labute approximate surface area is 113 Å². The SMILES string of the molecule is COC1[C@H](O)[C@@H](CO)O[C@@]1(C#N)n1ccc(O)nc1=O. The molecule has 0 amide bonds. The Balaban J connectivity index is 2.59. The Morgan fingerprint density at radius 3 is 2.90 bits per heavy atom. The fraction of sp³-hybridized carbons (Fsp3) is 0.545. The van der Waals surface area contributed by atoms with Gasteiger partial charge < -0.3 is 24.8 Å². The maximum Gasteiger partial charge on any atom is 0.354 e. The predicted octanol–water partition coefficient (Wildman–Crippen LogP) is -2.11. The summed E-state index contributed by atoms with van der Waals surface area (Å²) in [7, 11) is 1.24. The molecule has 2 rings (SSSR count). The average Bonchev–Trinajstić information content (AvgIpc) is 2.71. The fourth-order valence-electron chi connectivity index (χ4n) is 2.22. The van der Waals surface area contributed by atoms with Crippen LogP contribution in [0.15, 0.2) is 17.1 Å². The van der Waals surface area contributed by atoms with Crippen molar-refractivity contribution in [2.75, 3.05) is 13.7 Å². The van der Waals surface area contributed by atoms with Crippen molar-refractivity contribution in [2.24, 2.45) is 0 Å². The number of rotatable bonds is 3. The number of aromatic hydroxyl groups is 1. The lowest BCUT2D eigenvalue weighted by atomic mass is 10.0. The molecule has 0 aliphatic carbocycles. The number of aromatic nitrogens is 2. The summed E-state index contributed by atoms with van der Waals surface area (Å²) in [4.78, 5) is 15.1. The van der Waals surface area contributed by atoms with Gasteiger partial charge in [0.05, 0.1) is 6.61 Å². The molecule has 1 aromatic heterocycles. The van der Waals surface area contributed by atoms with Gasteiger partial charge in [-0.2, -0.15) is 10.2 Å². The molecule has 0 radical (unpaired) electrons. The number of ether oxygens (including phenoxy) is 2. The summed E-state index contributed by atoms with van der Waals surface area (Å²) in [5.41, 5.74) is -2.92. The number of aliphatic hydroxyl groups excluding tert-OH is 2. The summed E-state index contributed by atoms with van der Waals surface area (Å²) in [5, 5.41) is 37.7. The zero-order chi connectivity index (χ0) is 14.9. The van der Waals surface area contributed by atoms with Gasteiger partial charge in [0.25, 0.3) is 5.72 Å². The predicted molar refractivity (Wildman–Crippen MR) is 62.5 cm³/mol. The lowest BCUT2D eigenvalue weighted by Crippen LogP contribution is -2.50. The van der Waals surface area contributed by atoms with Crippen LogP contribution < -0.4 is 5.69 Å². The van der Waals surface area contributed by atoms with Gasteiger partial charge in [0, 0.05) is 19.4 Å². The molecule has 1 aliphatic heterocycles. The van der Waals surface area contributed by atoms with Crippen molar-refractivity contribution in [3.63, 3.8) is 0 Å². The summed E-state index contributed by atoms with van der Waals surface area (Å²) in [6.45, 7) is -0.551. The van der Waals surface area contributed by atoms with E-state index in [2.05, 4.69) is 4.98 Å². The monoisotopic (exact) mass is 283 g/mol. The van der Waals surface area contributed by atoms with E-state index in [4.69, 9.17) is 19.7 Å². The number of nitrogens with zero attached hydrogens (tertiary/aromatic N) is 3. The first kappa shape index (κ1) is 14.4. The number of hydrogen-bond acceptors (Lipinski definition) is 8. The minimum absolute atomic E-state index is 0.509. The van der Waals surface area contributed by atoms with Crippen LogP contribution in [0.3, 0.4) is 0 Å². The Kier molecular flexibility index (Phi) is 3.74. The van der Waals surface area contributed by atoms with E-state index in [1.807, 2.05) is 0 Å². The molecule has 3 N–H and O–H groups in total. The number of nitriles is 1. The van der Waals surface area contributed by atoms with Crippen molar-refractivity contribution in [1.29, 1.82) is 5.26 Å². The molecule has 1 aromatic rings. The van der Waals surface area contributed by atoms with Gasteiger partial charge in [-0.25, -0.2) is 4.79 Å². The van der Waals surface area contributed by atoms with Gasteiger partial charge in [-0.05, 0) is 0 Å². The van der Waals surface area contributed by atoms with Gasteiger partial charge in [-0.3, -0.25) is 4.57 Å². The maximum absolute atomic E-state index is 11.8. The van der Waals surface area contributed by atoms with Crippen LogP contribution in [-0.4, -0.2) is 56.9 Å². The van der Waals surface area contributed by atoms with Crippen molar-refractivity contribution >= 4 is 0 Å². The second-order valence-corrected chi connectivity index (χ2v) is 4.23. The van der Waals surface area contributed by atoms with Crippen molar-refractivity contribution in [2.45, 2.75) is 24.0 Å². The molecule has 1 saturated heterocycles. The van der Waals surface area contributed by atoms with Crippen LogP contribution >= 0.6 is 0 Å². The lowest BCUT2D eigenvalue weighted by molar-refractivity contribution is -0.117. The van der Waals surface area contributed by atoms with E-state index in [0.717, 1.165) is 16.8 Å². The van der Waals surface area contributed by atoms with Gasteiger partial charge in [0.15, 0.2) is 0 Å². The highest BCUT2D eigenvalue weighted by Gasteiger charge is 2.58. The van der Waals surface area contributed by atoms with Crippen LogP contribution in [0.2, 0.25) is 0 Å². The quantitative estimate of drug-likeness (QED) is 0.573. The first-order valence-corrected chi connectivity index (χ1v) is 5.70. The van der Waals surface area contributed by atoms with E-state index in [-0.39, 0.29) is 0 Å². The Morgan fingerprint density at radius 1 is 1.70 bits per heavy atom. The normalized spacial score (nSPS) is 33.0. The van der Waals surface area contributed by atoms with Crippen LogP contribution in [-0.2, 0) is 15.2 Å². The van der Waals surface area contributed by atoms with Gasteiger partial charge in [0.1, 0.15) is 24.4 Å². The lowest BCUT2D eigenvalue weighted by Gasteiger charge is -2.28. The third kappa shape index (κ3) is 1.95. The minimum Gasteiger partial charge on any atom is -0.493 e. The number of methoxy groups -OCH3 is 1. The molecule has 1 fully saturated rings. The fourth-order valence-corrected chi connectivity index (χ4v) is 2.22. The Morgan fingerprint density at radius 2 is 2.40 bits per heavy atom. The van der Waals surface area contributed by atoms with Crippen molar-refractivity contribution in [3.8, 4) is 11.9 Å². The Bertz CT molecular complexity index is 597. The average molecular weight is 283 g/mol. The molecule has 108 valence electrons. The second-order valence-electron chi connectivity index (χ2n) is 4.23. The molecule has 1 aliphatic rings. The van der Waals surface area contributed by atoms with Gasteiger partial charge >= 0.3 is 5.69 Å². The summed E-state index contributed by atoms with van der Waals surface area (Å²) >= 11 is 0. The van der Waals surface area contributed by atoms with Gasteiger partial charge in [-0.15, -0.1) is 0 Å². The van der Waals surface area contributed by atoms with Crippen molar-refractivity contribution < 1.29 is 24.8 Å². The molecular formula is C11H13N3O6. The summed E-state index contributed by atoms with van der Waals surface area (Å²) in [6.07, 6.45) is -2.48. The topological polar surface area (TPSA) is 138 Å². The Hall–Kier alpha value is -1.99. The van der Waals surface area contributed by atoms with Crippen LogP contribution in [0.5, 0.6) is 5.88 Å². The largest absolute Gasteiger partial charge is 0.493 e. The first-order valence-electron chi connectivity index (χ1n) is 5.70. The first-order chi connectivity index (χ1) is 9.50. The standard InChI is InChI=1S/C11H13N3O6/c1-19-9-8(17)6(4-15)20-11(9,5-12)14-3-2-7(16)13-10(14)18/h2-3,6,8-9,15,17H,4H2,1H3,(H,13,16,18)/t6-,8-,9?,11-/m1/s1. The van der Waals surface area contributed by atoms with E-state index in [1.54, 1.807) is 6.07 Å². The molecule has 0 bridgehead atoms. The van der Waals surface area contributed by atoms with Crippen LogP contribution in [0.4, 0.5) is 0 Å². The smallest absolute Gasteiger partial charge is 0.354 e. The van der Waals surface area contributed by atoms with Crippen LogP contribution in [0.1, 0.15) is 0 Å². The molecule has 20 heavy (non-hydrogen) atoms. The van der Waals surface area contributed by atoms with Crippen LogP contribution in [0, 0.1) is 11.3 Å². The third-order valence-electron chi connectivity index (χ3n) is 3.15. The number of aliphatic hydroxyl groups is 2. The number of hydrogen-bond donors (Lipinski definition) is 3. The van der Waals surface area contributed by atoms with Gasteiger partial charge in [0.2, 0.25) is 5.88 Å². The zero-order valence-electron chi connectivity index (χ0n) is 10.5. The summed E-state index contributed by atoms with van der Waals surface area (Å²) in [5.74, 6) is -0.509. The minimum atomic E-state index is -1.97. The summed E-state index contributed by atoms with van der Waals surface area (Å²) in [6, 6.07) is 2.87. The van der Waals surface area contributed by atoms with Gasteiger partial charge in [-0.1, -0.05) is 0 Å². The molecule has 1 unspecified atom stereocenters. The third-order valence-corrected chi connectivity index (χ3v) is 3.15. The zero-order valence-corrected chi connectivity index (χ0v) is 10.5.